The van der Waals surface area contributed by atoms with E-state index in [2.05, 4.69) is 6.92 Å². The van der Waals surface area contributed by atoms with Crippen LogP contribution in [0.25, 0.3) is 0 Å². The van der Waals surface area contributed by atoms with Gasteiger partial charge in [0.15, 0.2) is 0 Å². The summed E-state index contributed by atoms with van der Waals surface area (Å²) >= 11 is 11.4. The summed E-state index contributed by atoms with van der Waals surface area (Å²) in [5.41, 5.74) is 0. The summed E-state index contributed by atoms with van der Waals surface area (Å²) in [6.45, 7) is 2.25. The van der Waals surface area contributed by atoms with Crippen LogP contribution in [0.4, 0.5) is 0 Å². The molecule has 0 radical (unpaired) electrons. The van der Waals surface area contributed by atoms with Crippen LogP contribution in [0, 0.1) is 5.92 Å². The van der Waals surface area contributed by atoms with Crippen LogP contribution in [0.1, 0.15) is 116 Å². The van der Waals surface area contributed by atoms with Crippen molar-refractivity contribution in [1.82, 2.24) is 0 Å². The van der Waals surface area contributed by atoms with Gasteiger partial charge >= 0.3 is 11.9 Å². The molecule has 0 aliphatic rings. The molecular weight excluding hydrogens is 399 g/mol. The number of hydrogen-bond acceptors (Lipinski definition) is 2. The van der Waals surface area contributed by atoms with E-state index in [4.69, 9.17) is 33.4 Å². The molecule has 0 aliphatic carbocycles. The SMILES string of the molecule is CCCCCCCCCCCCCCCCCCC(C(=O)O)C(Cl)(Cl)C(=O)O. The average Bonchev–Trinajstić information content (AvgIpc) is 2.63. The third kappa shape index (κ3) is 13.7. The summed E-state index contributed by atoms with van der Waals surface area (Å²) in [6, 6.07) is 0. The van der Waals surface area contributed by atoms with Gasteiger partial charge in [0.05, 0.1) is 0 Å². The molecule has 0 aromatic heterocycles. The molecule has 28 heavy (non-hydrogen) atoms. The zero-order valence-corrected chi connectivity index (χ0v) is 19.1. The summed E-state index contributed by atoms with van der Waals surface area (Å²) < 4.78 is -2.26. The average molecular weight is 439 g/mol. The standard InChI is InChI=1S/C22H40Cl2O4/c1-2-3-4-5-6-7-8-9-10-11-12-13-14-15-16-17-18-19(20(25)26)22(23,24)21(27)28/h19H,2-18H2,1H3,(H,25,26)(H,27,28). The minimum absolute atomic E-state index is 0.188. The predicted molar refractivity (Wildman–Crippen MR) is 117 cm³/mol. The van der Waals surface area contributed by atoms with Crippen molar-refractivity contribution in [3.05, 3.63) is 0 Å². The van der Waals surface area contributed by atoms with E-state index in [1.165, 1.54) is 77.0 Å². The van der Waals surface area contributed by atoms with Crippen LogP contribution in [0.2, 0.25) is 0 Å². The monoisotopic (exact) mass is 438 g/mol. The van der Waals surface area contributed by atoms with Crippen molar-refractivity contribution >= 4 is 35.1 Å². The van der Waals surface area contributed by atoms with Gasteiger partial charge in [-0.25, -0.2) is 4.79 Å². The Morgan fingerprint density at radius 1 is 0.679 bits per heavy atom. The normalized spacial score (nSPS) is 12.8. The van der Waals surface area contributed by atoms with E-state index < -0.39 is 22.2 Å². The quantitative estimate of drug-likeness (QED) is 0.151. The van der Waals surface area contributed by atoms with Gasteiger partial charge in [0.1, 0.15) is 5.92 Å². The molecule has 0 aromatic rings. The molecule has 0 amide bonds. The fourth-order valence-corrected chi connectivity index (χ4v) is 3.91. The summed E-state index contributed by atoms with van der Waals surface area (Å²) in [7, 11) is 0. The lowest BCUT2D eigenvalue weighted by Gasteiger charge is -2.22. The lowest BCUT2D eigenvalue weighted by atomic mass is 9.96. The third-order valence-electron chi connectivity index (χ3n) is 5.37. The molecule has 6 heteroatoms. The molecule has 0 spiro atoms. The lowest BCUT2D eigenvalue weighted by molar-refractivity contribution is -0.149. The number of aliphatic carboxylic acids is 2. The molecule has 0 saturated heterocycles. The Morgan fingerprint density at radius 3 is 1.29 bits per heavy atom. The Balaban J connectivity index is 3.50. The number of carbonyl (C=O) groups is 2. The number of hydrogen-bond donors (Lipinski definition) is 2. The summed E-state index contributed by atoms with van der Waals surface area (Å²) in [4.78, 5) is 22.2. The highest BCUT2D eigenvalue weighted by Crippen LogP contribution is 2.34. The lowest BCUT2D eigenvalue weighted by Crippen LogP contribution is -2.39. The van der Waals surface area contributed by atoms with E-state index in [1.54, 1.807) is 0 Å². The van der Waals surface area contributed by atoms with Gasteiger partial charge < -0.3 is 10.2 Å². The van der Waals surface area contributed by atoms with Crippen LogP contribution in [0.15, 0.2) is 0 Å². The van der Waals surface area contributed by atoms with Gasteiger partial charge in [0, 0.05) is 0 Å². The first-order chi connectivity index (χ1) is 13.3. The fraction of sp³-hybridized carbons (Fsp3) is 0.909. The molecule has 0 aromatic carbocycles. The first-order valence-electron chi connectivity index (χ1n) is 11.2. The van der Waals surface area contributed by atoms with Crippen LogP contribution in [-0.2, 0) is 9.59 Å². The highest BCUT2D eigenvalue weighted by Gasteiger charge is 2.46. The molecule has 1 atom stereocenters. The van der Waals surface area contributed by atoms with Crippen molar-refractivity contribution in [2.24, 2.45) is 5.92 Å². The van der Waals surface area contributed by atoms with Gasteiger partial charge in [0.25, 0.3) is 0 Å². The zero-order valence-electron chi connectivity index (χ0n) is 17.6. The first kappa shape index (κ1) is 27.5. The molecule has 0 fully saturated rings. The van der Waals surface area contributed by atoms with Crippen LogP contribution in [0.3, 0.4) is 0 Å². The Morgan fingerprint density at radius 2 is 1.00 bits per heavy atom. The Hall–Kier alpha value is -0.480. The van der Waals surface area contributed by atoms with Gasteiger partial charge in [0.2, 0.25) is 4.33 Å². The second-order valence-corrected chi connectivity index (χ2v) is 9.30. The number of rotatable bonds is 20. The van der Waals surface area contributed by atoms with E-state index in [-0.39, 0.29) is 6.42 Å². The maximum absolute atomic E-state index is 11.2. The highest BCUT2D eigenvalue weighted by molar-refractivity contribution is 6.58. The molecule has 166 valence electrons. The van der Waals surface area contributed by atoms with Crippen LogP contribution >= 0.6 is 23.2 Å². The molecule has 0 saturated carbocycles. The Labute approximate surface area is 181 Å². The topological polar surface area (TPSA) is 74.6 Å². The Kier molecular flexibility index (Phi) is 17.1. The van der Waals surface area contributed by atoms with Crippen molar-refractivity contribution in [2.75, 3.05) is 0 Å². The number of carboxylic acid groups (broad SMARTS) is 2. The Bertz CT molecular complexity index is 413. The van der Waals surface area contributed by atoms with Crippen molar-refractivity contribution < 1.29 is 19.8 Å². The third-order valence-corrected chi connectivity index (χ3v) is 6.22. The minimum Gasteiger partial charge on any atom is -0.481 e. The maximum Gasteiger partial charge on any atom is 0.341 e. The maximum atomic E-state index is 11.2. The van der Waals surface area contributed by atoms with E-state index in [0.717, 1.165) is 19.3 Å². The molecule has 0 bridgehead atoms. The second-order valence-electron chi connectivity index (χ2n) is 7.91. The summed E-state index contributed by atoms with van der Waals surface area (Å²) in [5, 5.41) is 18.1. The van der Waals surface area contributed by atoms with Crippen molar-refractivity contribution in [3.8, 4) is 0 Å². The van der Waals surface area contributed by atoms with Crippen molar-refractivity contribution in [3.63, 3.8) is 0 Å². The molecule has 1 unspecified atom stereocenters. The number of unbranched alkanes of at least 4 members (excludes halogenated alkanes) is 15. The number of carboxylic acids is 2. The molecule has 4 nitrogen and oxygen atoms in total. The summed E-state index contributed by atoms with van der Waals surface area (Å²) in [5.74, 6) is -4.03. The van der Waals surface area contributed by atoms with E-state index in [9.17, 15) is 9.59 Å². The second kappa shape index (κ2) is 17.4. The van der Waals surface area contributed by atoms with E-state index >= 15 is 0 Å². The van der Waals surface area contributed by atoms with Gasteiger partial charge in [-0.15, -0.1) is 0 Å². The van der Waals surface area contributed by atoms with Gasteiger partial charge in [-0.1, -0.05) is 133 Å². The summed E-state index contributed by atoms with van der Waals surface area (Å²) in [6.07, 6.45) is 20.0. The smallest absolute Gasteiger partial charge is 0.341 e. The molecule has 0 heterocycles. The largest absolute Gasteiger partial charge is 0.481 e. The van der Waals surface area contributed by atoms with Crippen molar-refractivity contribution in [1.29, 1.82) is 0 Å². The van der Waals surface area contributed by atoms with Crippen LogP contribution in [0.5, 0.6) is 0 Å². The number of halogens is 2. The molecular formula is C22H40Cl2O4. The molecule has 0 rings (SSSR count). The van der Waals surface area contributed by atoms with E-state index in [1.807, 2.05) is 0 Å². The fourth-order valence-electron chi connectivity index (χ4n) is 3.51. The first-order valence-corrected chi connectivity index (χ1v) is 11.9. The minimum atomic E-state index is -2.26. The zero-order chi connectivity index (χ0) is 21.3. The van der Waals surface area contributed by atoms with Gasteiger partial charge in [-0.05, 0) is 6.42 Å². The number of alkyl halides is 2. The predicted octanol–water partition coefficient (Wildman–Crippen LogP) is 7.60. The van der Waals surface area contributed by atoms with Crippen LogP contribution < -0.4 is 0 Å². The molecule has 0 aliphatic heterocycles. The van der Waals surface area contributed by atoms with Gasteiger partial charge in [-0.3, -0.25) is 4.79 Å². The van der Waals surface area contributed by atoms with Gasteiger partial charge in [-0.2, -0.15) is 0 Å². The van der Waals surface area contributed by atoms with Crippen LogP contribution in [-0.4, -0.2) is 26.5 Å². The van der Waals surface area contributed by atoms with Crippen molar-refractivity contribution in [2.45, 2.75) is 120 Å². The molecule has 2 N–H and O–H groups in total. The van der Waals surface area contributed by atoms with E-state index in [0.29, 0.717) is 6.42 Å². The highest BCUT2D eigenvalue weighted by atomic mass is 35.5.